The molecule has 1 fully saturated rings. The minimum atomic E-state index is -0.965. The largest absolute Gasteiger partial charge is 2.00 e. The maximum Gasteiger partial charge on any atom is 2.00 e. The van der Waals surface area contributed by atoms with Crippen LogP contribution in [0.15, 0.2) is 6.58 Å². The number of carbonyl (C=O) groups is 2. The zero-order valence-corrected chi connectivity index (χ0v) is 13.5. The standard InChI is InChI=1S/C8H13N2O4S.C2H3.W/c9-5-4-15-6(8(12)13)3-14-2-1-10-7(5)11;1-2;/h5-6,9H,1-4H2,(H,10,11)(H,12,13);1H,2H2;/q2*-1;+2. The number of carboxylic acids is 1. The molecule has 1 rings (SSSR count). The fourth-order valence-corrected chi connectivity index (χ4v) is 1.95. The van der Waals surface area contributed by atoms with Gasteiger partial charge in [0.05, 0.1) is 13.2 Å². The summed E-state index contributed by atoms with van der Waals surface area (Å²) < 4.78 is 5.09. The van der Waals surface area contributed by atoms with Gasteiger partial charge in [0.2, 0.25) is 5.91 Å². The van der Waals surface area contributed by atoms with E-state index in [1.54, 1.807) is 0 Å². The smallest absolute Gasteiger partial charge is 0.666 e. The average Bonchev–Trinajstić information content (AvgIpc) is 2.33. The van der Waals surface area contributed by atoms with Crippen molar-refractivity contribution in [2.24, 2.45) is 0 Å². The van der Waals surface area contributed by atoms with Crippen LogP contribution in [0.3, 0.4) is 0 Å². The summed E-state index contributed by atoms with van der Waals surface area (Å²) >= 11 is 1.07. The summed E-state index contributed by atoms with van der Waals surface area (Å²) in [6.45, 7) is 7.72. The molecule has 1 aliphatic rings. The third-order valence-corrected chi connectivity index (χ3v) is 3.14. The molecule has 3 N–H and O–H groups in total. The number of carbonyl (C=O) groups excluding carboxylic acids is 1. The van der Waals surface area contributed by atoms with Crippen LogP contribution in [0.2, 0.25) is 0 Å². The molecule has 0 aromatic heterocycles. The Morgan fingerprint density at radius 1 is 1.61 bits per heavy atom. The monoisotopic (exact) mass is 444 g/mol. The van der Waals surface area contributed by atoms with Gasteiger partial charge in [-0.25, -0.2) is 0 Å². The van der Waals surface area contributed by atoms with Gasteiger partial charge in [-0.1, -0.05) is 0 Å². The van der Waals surface area contributed by atoms with E-state index in [1.807, 2.05) is 0 Å². The summed E-state index contributed by atoms with van der Waals surface area (Å²) in [5.41, 5.74) is 7.45. The van der Waals surface area contributed by atoms with E-state index in [0.717, 1.165) is 11.8 Å². The van der Waals surface area contributed by atoms with E-state index in [4.69, 9.17) is 15.6 Å². The molecular weight excluding hydrogens is 428 g/mol. The number of ether oxygens (including phenoxy) is 1. The second-order valence-electron chi connectivity index (χ2n) is 3.08. The van der Waals surface area contributed by atoms with Crippen molar-refractivity contribution in [2.75, 3.05) is 25.5 Å². The fourth-order valence-electron chi connectivity index (χ4n) is 1.04. The molecule has 2 unspecified atom stereocenters. The molecule has 1 aliphatic heterocycles. The Bertz CT molecular complexity index is 268. The van der Waals surface area contributed by atoms with Crippen LogP contribution in [0.1, 0.15) is 0 Å². The number of aliphatic carboxylic acids is 1. The maximum atomic E-state index is 11.2. The molecule has 0 bridgehead atoms. The van der Waals surface area contributed by atoms with Gasteiger partial charge in [-0.3, -0.25) is 16.2 Å². The van der Waals surface area contributed by atoms with Crippen LogP contribution in [0.4, 0.5) is 0 Å². The van der Waals surface area contributed by atoms with Gasteiger partial charge in [-0.15, -0.1) is 11.8 Å². The van der Waals surface area contributed by atoms with Crippen LogP contribution in [-0.2, 0) is 35.4 Å². The molecule has 0 saturated carbocycles. The molecule has 0 radical (unpaired) electrons. The predicted octanol–water partition coefficient (Wildman–Crippen LogP) is 0.343. The van der Waals surface area contributed by atoms with E-state index in [-0.39, 0.29) is 45.9 Å². The van der Waals surface area contributed by atoms with Crippen LogP contribution < -0.4 is 5.32 Å². The minimum absolute atomic E-state index is 0. The maximum absolute atomic E-state index is 11.2. The first kappa shape index (κ1) is 20.0. The van der Waals surface area contributed by atoms with E-state index in [0.29, 0.717) is 6.54 Å². The van der Waals surface area contributed by atoms with Crippen molar-refractivity contribution in [2.45, 2.75) is 11.3 Å². The molecule has 0 spiro atoms. The van der Waals surface area contributed by atoms with Gasteiger partial charge in [-0.05, 0) is 11.8 Å². The Morgan fingerprint density at radius 2 is 2.22 bits per heavy atom. The van der Waals surface area contributed by atoms with Gasteiger partial charge in [0.15, 0.2) is 0 Å². The summed E-state index contributed by atoms with van der Waals surface area (Å²) in [4.78, 5) is 21.9. The quantitative estimate of drug-likeness (QED) is 0.569. The number of hydrogen-bond acceptors (Lipinski definition) is 4. The molecule has 1 amide bonds. The predicted molar refractivity (Wildman–Crippen MR) is 65.7 cm³/mol. The number of hydrogen-bond donors (Lipinski definition) is 2. The Hall–Kier alpha value is -0.362. The van der Waals surface area contributed by atoms with E-state index in [1.165, 1.54) is 0 Å². The molecule has 0 aromatic carbocycles. The van der Waals surface area contributed by atoms with Crippen molar-refractivity contribution in [1.29, 1.82) is 0 Å². The molecule has 102 valence electrons. The van der Waals surface area contributed by atoms with Crippen molar-refractivity contribution in [1.82, 2.24) is 5.32 Å². The zero-order valence-electron chi connectivity index (χ0n) is 9.76. The summed E-state index contributed by atoms with van der Waals surface area (Å²) in [6, 6.07) is -0.907. The molecule has 1 heterocycles. The average molecular weight is 444 g/mol. The third kappa shape index (κ3) is 7.87. The summed E-state index contributed by atoms with van der Waals surface area (Å²) in [7, 11) is 0. The topological polar surface area (TPSA) is 99.4 Å². The van der Waals surface area contributed by atoms with Gasteiger partial charge in [0, 0.05) is 6.54 Å². The van der Waals surface area contributed by atoms with Crippen LogP contribution >= 0.6 is 11.8 Å². The van der Waals surface area contributed by atoms with Gasteiger partial charge in [0.25, 0.3) is 0 Å². The number of amides is 1. The first-order valence-electron chi connectivity index (χ1n) is 4.93. The number of rotatable bonds is 1. The molecule has 2 atom stereocenters. The molecule has 0 aliphatic carbocycles. The van der Waals surface area contributed by atoms with Crippen LogP contribution in [0, 0.1) is 6.58 Å². The van der Waals surface area contributed by atoms with Crippen LogP contribution in [-0.4, -0.2) is 53.8 Å². The Labute approximate surface area is 125 Å². The van der Waals surface area contributed by atoms with E-state index >= 15 is 0 Å². The van der Waals surface area contributed by atoms with Crippen molar-refractivity contribution in [3.8, 4) is 0 Å². The summed E-state index contributed by atoms with van der Waals surface area (Å²) in [5, 5.41) is 10.6. The molecule has 18 heavy (non-hydrogen) atoms. The van der Waals surface area contributed by atoms with Gasteiger partial charge in [-0.2, -0.15) is 0 Å². The van der Waals surface area contributed by atoms with Crippen molar-refractivity contribution >= 4 is 23.6 Å². The second-order valence-corrected chi connectivity index (χ2v) is 4.31. The van der Waals surface area contributed by atoms with Crippen molar-refractivity contribution < 1.29 is 40.5 Å². The van der Waals surface area contributed by atoms with E-state index in [9.17, 15) is 9.59 Å². The fraction of sp³-hybridized carbons (Fsp3) is 0.600. The van der Waals surface area contributed by atoms with Crippen molar-refractivity contribution in [3.05, 3.63) is 18.9 Å². The Morgan fingerprint density at radius 3 is 2.78 bits per heavy atom. The second kappa shape index (κ2) is 11.7. The molecule has 6 nitrogen and oxygen atoms in total. The van der Waals surface area contributed by atoms with Gasteiger partial charge < -0.3 is 27.5 Å². The van der Waals surface area contributed by atoms with E-state index < -0.39 is 17.3 Å². The molecule has 8 heteroatoms. The van der Waals surface area contributed by atoms with E-state index in [2.05, 4.69) is 18.5 Å². The summed E-state index contributed by atoms with van der Waals surface area (Å²) in [6.07, 6.45) is 0. The third-order valence-electron chi connectivity index (χ3n) is 1.87. The normalized spacial score (nSPS) is 24.6. The number of carboxylic acid groups (broad SMARTS) is 1. The van der Waals surface area contributed by atoms with Gasteiger partial charge in [0.1, 0.15) is 5.25 Å². The SMILES string of the molecule is [CH-]=C.[NH-]C1CSC(C(=O)O)COCCNC1=O.[W+2]. The van der Waals surface area contributed by atoms with Crippen LogP contribution in [0.5, 0.6) is 0 Å². The number of nitrogens with one attached hydrogen (secondary N) is 2. The molecule has 1 saturated heterocycles. The summed E-state index contributed by atoms with van der Waals surface area (Å²) in [5.74, 6) is -1.17. The first-order valence-corrected chi connectivity index (χ1v) is 5.98. The number of thioether (sulfide) groups is 1. The zero-order chi connectivity index (χ0) is 13.3. The minimum Gasteiger partial charge on any atom is -0.666 e. The Balaban J connectivity index is 0. The Kier molecular flexibility index (Phi) is 13.0. The molecular formula is C10H16N2O4SW. The van der Waals surface area contributed by atoms with Crippen LogP contribution in [0.25, 0.3) is 5.73 Å². The van der Waals surface area contributed by atoms with Gasteiger partial charge >= 0.3 is 27.0 Å². The first-order chi connectivity index (χ1) is 8.11. The molecule has 0 aromatic rings. The van der Waals surface area contributed by atoms with Crippen molar-refractivity contribution in [3.63, 3.8) is 0 Å².